The Kier molecular flexibility index (Phi) is 4.33. The summed E-state index contributed by atoms with van der Waals surface area (Å²) in [4.78, 5) is 19.4. The van der Waals surface area contributed by atoms with Gasteiger partial charge in [0.1, 0.15) is 0 Å². The lowest BCUT2D eigenvalue weighted by atomic mass is 9.95. The highest BCUT2D eigenvalue weighted by Gasteiger charge is 2.31. The number of piperidine rings is 1. The molecular formula is C18H26N6O. The first-order chi connectivity index (χ1) is 12.1. The molecule has 0 aromatic carbocycles. The Labute approximate surface area is 148 Å². The van der Waals surface area contributed by atoms with Crippen molar-refractivity contribution in [1.29, 1.82) is 0 Å². The third-order valence-corrected chi connectivity index (χ3v) is 5.55. The molecule has 1 amide bonds. The van der Waals surface area contributed by atoms with E-state index >= 15 is 0 Å². The molecule has 2 aromatic heterocycles. The third-order valence-electron chi connectivity index (χ3n) is 5.55. The van der Waals surface area contributed by atoms with Crippen LogP contribution in [0.2, 0.25) is 0 Å². The van der Waals surface area contributed by atoms with Crippen molar-refractivity contribution < 1.29 is 4.79 Å². The van der Waals surface area contributed by atoms with Gasteiger partial charge in [-0.15, -0.1) is 10.2 Å². The van der Waals surface area contributed by atoms with Crippen LogP contribution in [0.1, 0.15) is 18.5 Å². The number of hydrogen-bond acceptors (Lipinski definition) is 5. The molecular weight excluding hydrogens is 316 g/mol. The van der Waals surface area contributed by atoms with Crippen LogP contribution in [0.4, 0.5) is 5.95 Å². The van der Waals surface area contributed by atoms with E-state index in [1.165, 1.54) is 0 Å². The first-order valence-corrected chi connectivity index (χ1v) is 9.16. The summed E-state index contributed by atoms with van der Waals surface area (Å²) in [7, 11) is 2.12. The number of carbonyl (C=O) groups excluding carboxylic acids is 1. The number of fused-ring (bicyclic) bond motifs is 1. The number of aryl methyl sites for hydroxylation is 1. The minimum Gasteiger partial charge on any atom is -0.341 e. The SMILES string of the molecule is Cc1cccc2nnc(N3CCC(C(=O)N4CCN(C)CC4)CC3)n12. The molecule has 4 heterocycles. The standard InChI is InChI=1S/C18H26N6O/c1-14-4-3-5-16-19-20-18(24(14)16)23-8-6-15(7-9-23)17(25)22-12-10-21(2)11-13-22/h3-5,15H,6-13H2,1-2H3. The van der Waals surface area contributed by atoms with Gasteiger partial charge in [-0.05, 0) is 38.9 Å². The van der Waals surface area contributed by atoms with Gasteiger partial charge in [0.25, 0.3) is 0 Å². The number of aromatic nitrogens is 3. The van der Waals surface area contributed by atoms with Crippen molar-refractivity contribution in [3.05, 3.63) is 23.9 Å². The van der Waals surface area contributed by atoms with Crippen molar-refractivity contribution in [2.24, 2.45) is 5.92 Å². The summed E-state index contributed by atoms with van der Waals surface area (Å²) < 4.78 is 2.10. The second kappa shape index (κ2) is 6.63. The van der Waals surface area contributed by atoms with Gasteiger partial charge in [0.15, 0.2) is 5.65 Å². The van der Waals surface area contributed by atoms with Crippen molar-refractivity contribution in [2.45, 2.75) is 19.8 Å². The van der Waals surface area contributed by atoms with Gasteiger partial charge in [-0.2, -0.15) is 0 Å². The molecule has 0 unspecified atom stereocenters. The highest BCUT2D eigenvalue weighted by atomic mass is 16.2. The largest absolute Gasteiger partial charge is 0.341 e. The van der Waals surface area contributed by atoms with E-state index in [-0.39, 0.29) is 5.92 Å². The van der Waals surface area contributed by atoms with Gasteiger partial charge in [0, 0.05) is 50.9 Å². The van der Waals surface area contributed by atoms with Crippen LogP contribution in [0, 0.1) is 12.8 Å². The lowest BCUT2D eigenvalue weighted by molar-refractivity contribution is -0.137. The Morgan fingerprint density at radius 2 is 1.76 bits per heavy atom. The van der Waals surface area contributed by atoms with Crippen molar-refractivity contribution in [3.63, 3.8) is 0 Å². The molecule has 7 nitrogen and oxygen atoms in total. The summed E-state index contributed by atoms with van der Waals surface area (Å²) in [6.07, 6.45) is 1.79. The maximum Gasteiger partial charge on any atom is 0.231 e. The van der Waals surface area contributed by atoms with Gasteiger partial charge in [0.2, 0.25) is 11.9 Å². The Hall–Kier alpha value is -2.15. The van der Waals surface area contributed by atoms with Crippen LogP contribution in [-0.4, -0.2) is 76.6 Å². The van der Waals surface area contributed by atoms with E-state index in [1.807, 2.05) is 12.1 Å². The van der Waals surface area contributed by atoms with Gasteiger partial charge in [0.05, 0.1) is 0 Å². The highest BCUT2D eigenvalue weighted by molar-refractivity contribution is 5.79. The summed E-state index contributed by atoms with van der Waals surface area (Å²) in [5.74, 6) is 1.40. The second-order valence-electron chi connectivity index (χ2n) is 7.25. The predicted octanol–water partition coefficient (Wildman–Crippen LogP) is 1.03. The van der Waals surface area contributed by atoms with E-state index in [4.69, 9.17) is 0 Å². The third kappa shape index (κ3) is 3.08. The fourth-order valence-electron chi connectivity index (χ4n) is 3.90. The van der Waals surface area contributed by atoms with Crippen molar-refractivity contribution in [2.75, 3.05) is 51.2 Å². The predicted molar refractivity (Wildman–Crippen MR) is 96.7 cm³/mol. The number of carbonyl (C=O) groups is 1. The van der Waals surface area contributed by atoms with Crippen LogP contribution in [0.25, 0.3) is 5.65 Å². The lowest BCUT2D eigenvalue weighted by Crippen LogP contribution is -2.50. The smallest absolute Gasteiger partial charge is 0.231 e. The van der Waals surface area contributed by atoms with Crippen molar-refractivity contribution in [1.82, 2.24) is 24.4 Å². The maximum absolute atomic E-state index is 12.8. The number of hydrogen-bond donors (Lipinski definition) is 0. The molecule has 134 valence electrons. The zero-order valence-corrected chi connectivity index (χ0v) is 15.1. The van der Waals surface area contributed by atoms with E-state index in [9.17, 15) is 4.79 Å². The van der Waals surface area contributed by atoms with Crippen LogP contribution >= 0.6 is 0 Å². The number of likely N-dealkylation sites (N-methyl/N-ethyl adjacent to an activating group) is 1. The van der Waals surface area contributed by atoms with Gasteiger partial charge < -0.3 is 14.7 Å². The average Bonchev–Trinajstić information content (AvgIpc) is 3.07. The quantitative estimate of drug-likeness (QED) is 0.816. The second-order valence-corrected chi connectivity index (χ2v) is 7.25. The fourth-order valence-corrected chi connectivity index (χ4v) is 3.90. The zero-order valence-electron chi connectivity index (χ0n) is 15.1. The highest BCUT2D eigenvalue weighted by Crippen LogP contribution is 2.25. The molecule has 2 saturated heterocycles. The molecule has 0 bridgehead atoms. The first-order valence-electron chi connectivity index (χ1n) is 9.16. The Bertz CT molecular complexity index is 756. The van der Waals surface area contributed by atoms with Crippen LogP contribution in [0.15, 0.2) is 18.2 Å². The molecule has 2 aromatic rings. The normalized spacial score (nSPS) is 20.4. The zero-order chi connectivity index (χ0) is 17.4. The van der Waals surface area contributed by atoms with Gasteiger partial charge in [-0.3, -0.25) is 9.20 Å². The molecule has 0 radical (unpaired) electrons. The fraction of sp³-hybridized carbons (Fsp3) is 0.611. The van der Waals surface area contributed by atoms with E-state index < -0.39 is 0 Å². The maximum atomic E-state index is 12.8. The van der Waals surface area contributed by atoms with Gasteiger partial charge in [-0.1, -0.05) is 6.07 Å². The van der Waals surface area contributed by atoms with Crippen LogP contribution in [0.5, 0.6) is 0 Å². The Balaban J connectivity index is 1.42. The molecule has 2 aliphatic rings. The summed E-state index contributed by atoms with van der Waals surface area (Å²) >= 11 is 0. The number of pyridine rings is 1. The van der Waals surface area contributed by atoms with Gasteiger partial charge in [-0.25, -0.2) is 0 Å². The molecule has 2 fully saturated rings. The molecule has 2 aliphatic heterocycles. The Morgan fingerprint density at radius 3 is 2.48 bits per heavy atom. The van der Waals surface area contributed by atoms with Crippen molar-refractivity contribution in [3.8, 4) is 0 Å². The van der Waals surface area contributed by atoms with E-state index in [0.29, 0.717) is 5.91 Å². The number of amides is 1. The van der Waals surface area contributed by atoms with Gasteiger partial charge >= 0.3 is 0 Å². The molecule has 0 atom stereocenters. The molecule has 0 saturated carbocycles. The minimum atomic E-state index is 0.153. The number of rotatable bonds is 2. The van der Waals surface area contributed by atoms with E-state index in [2.05, 4.69) is 49.3 Å². The minimum absolute atomic E-state index is 0.153. The summed E-state index contributed by atoms with van der Waals surface area (Å²) in [5, 5.41) is 8.67. The molecule has 0 N–H and O–H groups in total. The first kappa shape index (κ1) is 16.3. The lowest BCUT2D eigenvalue weighted by Gasteiger charge is -2.37. The van der Waals surface area contributed by atoms with E-state index in [0.717, 1.165) is 69.4 Å². The van der Waals surface area contributed by atoms with Crippen LogP contribution < -0.4 is 4.90 Å². The number of nitrogens with zero attached hydrogens (tertiary/aromatic N) is 6. The van der Waals surface area contributed by atoms with Crippen LogP contribution in [-0.2, 0) is 4.79 Å². The molecule has 0 spiro atoms. The summed E-state index contributed by atoms with van der Waals surface area (Å²) in [5.41, 5.74) is 2.01. The monoisotopic (exact) mass is 342 g/mol. The number of piperazine rings is 1. The van der Waals surface area contributed by atoms with E-state index in [1.54, 1.807) is 0 Å². The number of anilines is 1. The average molecular weight is 342 g/mol. The summed E-state index contributed by atoms with van der Waals surface area (Å²) in [6, 6.07) is 6.06. The van der Waals surface area contributed by atoms with Crippen LogP contribution in [0.3, 0.4) is 0 Å². The molecule has 7 heteroatoms. The molecule has 0 aliphatic carbocycles. The molecule has 4 rings (SSSR count). The topological polar surface area (TPSA) is 57.0 Å². The summed E-state index contributed by atoms with van der Waals surface area (Å²) in [6.45, 7) is 7.49. The molecule has 25 heavy (non-hydrogen) atoms. The van der Waals surface area contributed by atoms with Crippen molar-refractivity contribution >= 4 is 17.5 Å². The Morgan fingerprint density at radius 1 is 1.04 bits per heavy atom.